The van der Waals surface area contributed by atoms with Gasteiger partial charge in [-0.25, -0.2) is 4.39 Å². The summed E-state index contributed by atoms with van der Waals surface area (Å²) >= 11 is 0. The standard InChI is InChI=1S/C22H28FO4P/c1-4-16-5-7-17(8-6-16)18-9-10-21(20(23)13-18)27-22-14(2)11-19(12-15(22)3)28(24,25)26/h9-13,16-17H,4-8H2,1-3H3,(H2,24,25,26). The summed E-state index contributed by atoms with van der Waals surface area (Å²) in [7, 11) is -4.34. The summed E-state index contributed by atoms with van der Waals surface area (Å²) < 4.78 is 32.0. The van der Waals surface area contributed by atoms with Gasteiger partial charge in [0.15, 0.2) is 11.6 Å². The van der Waals surface area contributed by atoms with Crippen LogP contribution in [0.3, 0.4) is 0 Å². The van der Waals surface area contributed by atoms with Crippen molar-refractivity contribution in [2.45, 2.75) is 58.8 Å². The lowest BCUT2D eigenvalue weighted by molar-refractivity contribution is 0.318. The SMILES string of the molecule is CCC1CCC(c2ccc(Oc3c(C)cc(P(=O)(O)O)cc3C)c(F)c2)CC1. The Morgan fingerprint density at radius 1 is 1.07 bits per heavy atom. The van der Waals surface area contributed by atoms with Crippen molar-refractivity contribution in [1.29, 1.82) is 0 Å². The van der Waals surface area contributed by atoms with Gasteiger partial charge in [0.25, 0.3) is 0 Å². The molecule has 0 spiro atoms. The summed E-state index contributed by atoms with van der Waals surface area (Å²) in [4.78, 5) is 18.7. The zero-order valence-electron chi connectivity index (χ0n) is 16.6. The van der Waals surface area contributed by atoms with Crippen LogP contribution in [0.5, 0.6) is 11.5 Å². The predicted molar refractivity (Wildman–Crippen MR) is 109 cm³/mol. The molecule has 2 aromatic rings. The Bertz CT molecular complexity index is 874. The average molecular weight is 406 g/mol. The number of hydrogen-bond donors (Lipinski definition) is 2. The number of hydrogen-bond acceptors (Lipinski definition) is 2. The highest BCUT2D eigenvalue weighted by molar-refractivity contribution is 7.60. The Hall–Kier alpha value is -1.68. The molecule has 0 heterocycles. The molecular weight excluding hydrogens is 378 g/mol. The zero-order valence-corrected chi connectivity index (χ0v) is 17.5. The number of halogens is 1. The zero-order chi connectivity index (χ0) is 20.5. The van der Waals surface area contributed by atoms with Crippen LogP contribution in [0.25, 0.3) is 0 Å². The fraction of sp³-hybridized carbons (Fsp3) is 0.455. The molecule has 0 radical (unpaired) electrons. The number of aryl methyl sites for hydroxylation is 2. The van der Waals surface area contributed by atoms with Gasteiger partial charge < -0.3 is 14.5 Å². The van der Waals surface area contributed by atoms with Crippen molar-refractivity contribution in [3.8, 4) is 11.5 Å². The van der Waals surface area contributed by atoms with Gasteiger partial charge in [-0.05, 0) is 92.3 Å². The van der Waals surface area contributed by atoms with E-state index >= 15 is 0 Å². The van der Waals surface area contributed by atoms with Crippen LogP contribution >= 0.6 is 7.60 Å². The molecular formula is C22H28FO4P. The van der Waals surface area contributed by atoms with E-state index in [1.165, 1.54) is 31.4 Å². The molecule has 0 atom stereocenters. The first-order valence-corrected chi connectivity index (χ1v) is 11.4. The summed E-state index contributed by atoms with van der Waals surface area (Å²) in [6.07, 6.45) is 5.81. The normalized spacial score (nSPS) is 20.2. The molecule has 0 bridgehead atoms. The van der Waals surface area contributed by atoms with Crippen LogP contribution in [0, 0.1) is 25.6 Å². The fourth-order valence-corrected chi connectivity index (χ4v) is 4.85. The molecule has 1 aliphatic rings. The lowest BCUT2D eigenvalue weighted by Gasteiger charge is -2.28. The maximum absolute atomic E-state index is 14.7. The fourth-order valence-electron chi connectivity index (χ4n) is 4.12. The van der Waals surface area contributed by atoms with Crippen molar-refractivity contribution in [1.82, 2.24) is 0 Å². The lowest BCUT2D eigenvalue weighted by Crippen LogP contribution is -2.12. The van der Waals surface area contributed by atoms with Crippen molar-refractivity contribution in [3.63, 3.8) is 0 Å². The highest BCUT2D eigenvalue weighted by Crippen LogP contribution is 2.40. The van der Waals surface area contributed by atoms with Crippen molar-refractivity contribution in [2.75, 3.05) is 0 Å². The van der Waals surface area contributed by atoms with Crippen LogP contribution in [0.15, 0.2) is 30.3 Å². The van der Waals surface area contributed by atoms with Crippen molar-refractivity contribution in [3.05, 3.63) is 52.8 Å². The molecule has 1 aliphatic carbocycles. The van der Waals surface area contributed by atoms with E-state index in [1.807, 2.05) is 6.07 Å². The second kappa shape index (κ2) is 8.36. The summed E-state index contributed by atoms with van der Waals surface area (Å²) in [6, 6.07) is 7.94. The molecule has 4 nitrogen and oxygen atoms in total. The van der Waals surface area contributed by atoms with Crippen LogP contribution in [0.4, 0.5) is 4.39 Å². The van der Waals surface area contributed by atoms with Crippen LogP contribution < -0.4 is 10.0 Å². The van der Waals surface area contributed by atoms with E-state index in [4.69, 9.17) is 4.74 Å². The lowest BCUT2D eigenvalue weighted by atomic mass is 9.78. The van der Waals surface area contributed by atoms with Crippen molar-refractivity contribution < 1.29 is 23.5 Å². The van der Waals surface area contributed by atoms with Crippen LogP contribution in [0.1, 0.15) is 61.6 Å². The Morgan fingerprint density at radius 3 is 2.18 bits per heavy atom. The third-order valence-corrected chi connectivity index (χ3v) is 6.78. The van der Waals surface area contributed by atoms with Crippen LogP contribution in [0.2, 0.25) is 0 Å². The van der Waals surface area contributed by atoms with Crippen molar-refractivity contribution >= 4 is 12.9 Å². The molecule has 1 saturated carbocycles. The first-order chi connectivity index (χ1) is 13.2. The molecule has 2 N–H and O–H groups in total. The van der Waals surface area contributed by atoms with E-state index in [0.717, 1.165) is 24.3 Å². The molecule has 0 aliphatic heterocycles. The largest absolute Gasteiger partial charge is 0.454 e. The molecule has 0 saturated heterocycles. The minimum absolute atomic E-state index is 0.0617. The Morgan fingerprint density at radius 2 is 1.68 bits per heavy atom. The quantitative estimate of drug-likeness (QED) is 0.623. The summed E-state index contributed by atoms with van der Waals surface area (Å²) in [5, 5.41) is -0.0617. The molecule has 1 fully saturated rings. The molecule has 2 aromatic carbocycles. The van der Waals surface area contributed by atoms with E-state index < -0.39 is 13.4 Å². The van der Waals surface area contributed by atoms with Crippen LogP contribution in [-0.2, 0) is 4.57 Å². The van der Waals surface area contributed by atoms with E-state index in [9.17, 15) is 18.7 Å². The summed E-state index contributed by atoms with van der Waals surface area (Å²) in [6.45, 7) is 5.62. The second-order valence-corrected chi connectivity index (χ2v) is 9.47. The maximum atomic E-state index is 14.7. The van der Waals surface area contributed by atoms with E-state index in [0.29, 0.717) is 22.8 Å². The highest BCUT2D eigenvalue weighted by atomic mass is 31.2. The minimum atomic E-state index is -4.34. The average Bonchev–Trinajstić information content (AvgIpc) is 2.65. The van der Waals surface area contributed by atoms with E-state index in [2.05, 4.69) is 6.92 Å². The summed E-state index contributed by atoms with van der Waals surface area (Å²) in [5.74, 6) is 1.34. The molecule has 6 heteroatoms. The molecule has 28 heavy (non-hydrogen) atoms. The first-order valence-electron chi connectivity index (χ1n) is 9.83. The number of rotatable bonds is 5. The Kier molecular flexibility index (Phi) is 6.28. The van der Waals surface area contributed by atoms with Gasteiger partial charge in [0.05, 0.1) is 5.30 Å². The third-order valence-electron chi connectivity index (χ3n) is 5.84. The monoisotopic (exact) mass is 406 g/mol. The van der Waals surface area contributed by atoms with Gasteiger partial charge in [-0.1, -0.05) is 19.4 Å². The van der Waals surface area contributed by atoms with Gasteiger partial charge in [0.1, 0.15) is 5.75 Å². The van der Waals surface area contributed by atoms with E-state index in [1.54, 1.807) is 26.0 Å². The molecule has 0 unspecified atom stereocenters. The maximum Gasteiger partial charge on any atom is 0.356 e. The van der Waals surface area contributed by atoms with Crippen molar-refractivity contribution in [2.24, 2.45) is 5.92 Å². The molecule has 0 aromatic heterocycles. The second-order valence-electron chi connectivity index (χ2n) is 7.87. The third kappa shape index (κ3) is 4.65. The van der Waals surface area contributed by atoms with Gasteiger partial charge in [0.2, 0.25) is 0 Å². The smallest absolute Gasteiger partial charge is 0.356 e. The predicted octanol–water partition coefficient (Wildman–Crippen LogP) is 5.72. The summed E-state index contributed by atoms with van der Waals surface area (Å²) in [5.41, 5.74) is 2.13. The highest BCUT2D eigenvalue weighted by Gasteiger charge is 2.23. The molecule has 152 valence electrons. The van der Waals surface area contributed by atoms with Crippen LogP contribution in [-0.4, -0.2) is 9.79 Å². The topological polar surface area (TPSA) is 66.8 Å². The van der Waals surface area contributed by atoms with Gasteiger partial charge in [-0.15, -0.1) is 0 Å². The number of benzene rings is 2. The Labute approximate surface area is 165 Å². The van der Waals surface area contributed by atoms with Gasteiger partial charge in [-0.3, -0.25) is 4.57 Å². The minimum Gasteiger partial charge on any atom is -0.454 e. The van der Waals surface area contributed by atoms with E-state index in [-0.39, 0.29) is 11.1 Å². The molecule has 3 rings (SSSR count). The molecule has 0 amide bonds. The van der Waals surface area contributed by atoms with Gasteiger partial charge >= 0.3 is 7.60 Å². The van der Waals surface area contributed by atoms with Gasteiger partial charge in [-0.2, -0.15) is 0 Å². The Balaban J connectivity index is 1.80. The van der Waals surface area contributed by atoms with Gasteiger partial charge in [0, 0.05) is 0 Å². The first kappa shape index (κ1) is 21.0. The number of ether oxygens (including phenoxy) is 1.